The molecule has 0 bridgehead atoms. The molecule has 0 atom stereocenters. The van der Waals surface area contributed by atoms with Gasteiger partial charge in [-0.25, -0.2) is 9.67 Å². The number of anilines is 1. The number of hydrogen-bond donors (Lipinski definition) is 1. The van der Waals surface area contributed by atoms with Crippen LogP contribution in [0.4, 0.5) is 5.69 Å². The zero-order valence-corrected chi connectivity index (χ0v) is 12.9. The number of aromatic nitrogens is 3. The quantitative estimate of drug-likeness (QED) is 0.856. The van der Waals surface area contributed by atoms with Gasteiger partial charge in [0.15, 0.2) is 0 Å². The molecule has 1 heterocycles. The number of hydrogen-bond acceptors (Lipinski definition) is 3. The summed E-state index contributed by atoms with van der Waals surface area (Å²) in [6, 6.07) is 5.83. The number of halogens is 1. The Hall–Kier alpha value is -1.55. The van der Waals surface area contributed by atoms with Crippen molar-refractivity contribution in [3.05, 3.63) is 35.9 Å². The third-order valence-electron chi connectivity index (χ3n) is 4.18. The van der Waals surface area contributed by atoms with Crippen molar-refractivity contribution in [1.29, 1.82) is 0 Å². The third-order valence-corrected chi connectivity index (χ3v) is 4.42. The summed E-state index contributed by atoms with van der Waals surface area (Å²) in [5, 5.41) is 8.51. The summed E-state index contributed by atoms with van der Waals surface area (Å²) in [7, 11) is 0. The first-order valence-electron chi connectivity index (χ1n) is 7.71. The van der Waals surface area contributed by atoms with Crippen LogP contribution in [0.2, 0.25) is 5.02 Å². The minimum absolute atomic E-state index is 0.738. The van der Waals surface area contributed by atoms with Gasteiger partial charge in [0, 0.05) is 11.6 Å². The highest BCUT2D eigenvalue weighted by Gasteiger charge is 2.13. The van der Waals surface area contributed by atoms with E-state index in [1.165, 1.54) is 38.5 Å². The molecule has 0 radical (unpaired) electrons. The summed E-state index contributed by atoms with van der Waals surface area (Å²) in [6.45, 7) is 1.00. The number of rotatable bonds is 4. The van der Waals surface area contributed by atoms with Crippen LogP contribution in [-0.2, 0) is 0 Å². The molecule has 5 heteroatoms. The molecule has 1 aromatic heterocycles. The van der Waals surface area contributed by atoms with Crippen molar-refractivity contribution in [2.24, 2.45) is 5.92 Å². The Kier molecular flexibility index (Phi) is 4.76. The lowest BCUT2D eigenvalue weighted by molar-refractivity contribution is 0.483. The zero-order valence-electron chi connectivity index (χ0n) is 12.1. The van der Waals surface area contributed by atoms with Gasteiger partial charge in [0.25, 0.3) is 0 Å². The van der Waals surface area contributed by atoms with Gasteiger partial charge in [0.05, 0.1) is 11.4 Å². The Bertz CT molecular complexity index is 560. The van der Waals surface area contributed by atoms with Crippen LogP contribution in [0, 0.1) is 5.92 Å². The van der Waals surface area contributed by atoms with Crippen molar-refractivity contribution in [2.45, 2.75) is 38.5 Å². The predicted octanol–water partition coefficient (Wildman–Crippen LogP) is 4.30. The molecule has 1 aliphatic carbocycles. The molecule has 1 fully saturated rings. The fourth-order valence-electron chi connectivity index (χ4n) is 3.00. The second kappa shape index (κ2) is 6.94. The number of benzene rings is 1. The normalized spacial score (nSPS) is 16.6. The van der Waals surface area contributed by atoms with Gasteiger partial charge in [0.1, 0.15) is 12.7 Å². The average Bonchev–Trinajstić information content (AvgIpc) is 2.89. The maximum absolute atomic E-state index is 6.14. The summed E-state index contributed by atoms with van der Waals surface area (Å²) in [6.07, 6.45) is 11.4. The minimum Gasteiger partial charge on any atom is -0.383 e. The van der Waals surface area contributed by atoms with Crippen molar-refractivity contribution in [3.8, 4) is 5.69 Å². The molecule has 0 aliphatic heterocycles. The molecule has 1 N–H and O–H groups in total. The predicted molar refractivity (Wildman–Crippen MR) is 86.1 cm³/mol. The van der Waals surface area contributed by atoms with Crippen LogP contribution in [0.1, 0.15) is 38.5 Å². The van der Waals surface area contributed by atoms with Crippen molar-refractivity contribution in [1.82, 2.24) is 14.8 Å². The van der Waals surface area contributed by atoms with Gasteiger partial charge in [-0.2, -0.15) is 5.10 Å². The molecule has 3 rings (SSSR count). The van der Waals surface area contributed by atoms with E-state index >= 15 is 0 Å². The molecule has 1 aromatic carbocycles. The van der Waals surface area contributed by atoms with E-state index in [-0.39, 0.29) is 0 Å². The summed E-state index contributed by atoms with van der Waals surface area (Å²) < 4.78 is 1.77. The smallest absolute Gasteiger partial charge is 0.138 e. The van der Waals surface area contributed by atoms with Crippen molar-refractivity contribution in [2.75, 3.05) is 11.9 Å². The summed E-state index contributed by atoms with van der Waals surface area (Å²) in [5.41, 5.74) is 2.02. The molecule has 1 saturated carbocycles. The van der Waals surface area contributed by atoms with Crippen molar-refractivity contribution >= 4 is 17.3 Å². The van der Waals surface area contributed by atoms with E-state index in [1.54, 1.807) is 17.3 Å². The molecular formula is C16H21ClN4. The van der Waals surface area contributed by atoms with E-state index in [0.717, 1.165) is 28.9 Å². The Labute approximate surface area is 130 Å². The first kappa shape index (κ1) is 14.4. The topological polar surface area (TPSA) is 42.7 Å². The second-order valence-corrected chi connectivity index (χ2v) is 6.18. The average molecular weight is 305 g/mol. The molecule has 112 valence electrons. The van der Waals surface area contributed by atoms with Crippen molar-refractivity contribution < 1.29 is 0 Å². The van der Waals surface area contributed by atoms with Gasteiger partial charge in [-0.3, -0.25) is 0 Å². The van der Waals surface area contributed by atoms with E-state index in [2.05, 4.69) is 15.4 Å². The maximum Gasteiger partial charge on any atom is 0.138 e. The molecule has 0 spiro atoms. The largest absolute Gasteiger partial charge is 0.383 e. The summed E-state index contributed by atoms with van der Waals surface area (Å²) in [4.78, 5) is 4.02. The molecule has 2 aromatic rings. The monoisotopic (exact) mass is 304 g/mol. The maximum atomic E-state index is 6.14. The molecular weight excluding hydrogens is 284 g/mol. The van der Waals surface area contributed by atoms with Crippen LogP contribution >= 0.6 is 11.6 Å². The van der Waals surface area contributed by atoms with Crippen LogP contribution in [0.25, 0.3) is 5.69 Å². The molecule has 0 unspecified atom stereocenters. The Morgan fingerprint density at radius 1 is 1.19 bits per heavy atom. The van der Waals surface area contributed by atoms with Crippen LogP contribution in [0.5, 0.6) is 0 Å². The fraction of sp³-hybridized carbons (Fsp3) is 0.500. The Balaban J connectivity index is 1.73. The zero-order chi connectivity index (χ0) is 14.5. The van der Waals surface area contributed by atoms with Gasteiger partial charge in [-0.15, -0.1) is 0 Å². The minimum atomic E-state index is 0.738. The summed E-state index contributed by atoms with van der Waals surface area (Å²) in [5.74, 6) is 0.759. The highest BCUT2D eigenvalue weighted by Crippen LogP contribution is 2.27. The van der Waals surface area contributed by atoms with E-state index in [4.69, 9.17) is 11.6 Å². The van der Waals surface area contributed by atoms with E-state index in [9.17, 15) is 0 Å². The van der Waals surface area contributed by atoms with Crippen LogP contribution in [-0.4, -0.2) is 21.3 Å². The lowest BCUT2D eigenvalue weighted by Gasteiger charge is -2.18. The molecule has 21 heavy (non-hydrogen) atoms. The van der Waals surface area contributed by atoms with Gasteiger partial charge >= 0.3 is 0 Å². The third kappa shape index (κ3) is 3.76. The Morgan fingerprint density at radius 3 is 2.71 bits per heavy atom. The molecule has 0 amide bonds. The first-order chi connectivity index (χ1) is 10.3. The lowest BCUT2D eigenvalue weighted by Crippen LogP contribution is -2.15. The van der Waals surface area contributed by atoms with Gasteiger partial charge in [-0.05, 0) is 37.0 Å². The molecule has 0 saturated heterocycles. The number of nitrogens with zero attached hydrogens (tertiary/aromatic N) is 3. The number of nitrogens with one attached hydrogen (secondary N) is 1. The summed E-state index contributed by atoms with van der Waals surface area (Å²) >= 11 is 6.14. The van der Waals surface area contributed by atoms with Gasteiger partial charge < -0.3 is 5.32 Å². The standard InChI is InChI=1S/C16H21ClN4/c17-14-7-8-16(21-12-18-11-20-21)15(9-14)19-10-13-5-3-1-2-4-6-13/h7-9,11-13,19H,1-6,10H2. The highest BCUT2D eigenvalue weighted by molar-refractivity contribution is 6.31. The molecule has 4 nitrogen and oxygen atoms in total. The van der Waals surface area contributed by atoms with E-state index in [0.29, 0.717) is 0 Å². The molecule has 1 aliphatic rings. The van der Waals surface area contributed by atoms with Crippen LogP contribution in [0.15, 0.2) is 30.9 Å². The SMILES string of the molecule is Clc1ccc(-n2cncn2)c(NCC2CCCCCC2)c1. The van der Waals surface area contributed by atoms with E-state index < -0.39 is 0 Å². The Morgan fingerprint density at radius 2 is 2.00 bits per heavy atom. The van der Waals surface area contributed by atoms with E-state index in [1.807, 2.05) is 18.2 Å². The first-order valence-corrected chi connectivity index (χ1v) is 8.09. The second-order valence-electron chi connectivity index (χ2n) is 5.74. The highest BCUT2D eigenvalue weighted by atomic mass is 35.5. The van der Waals surface area contributed by atoms with Crippen LogP contribution < -0.4 is 5.32 Å². The fourth-order valence-corrected chi connectivity index (χ4v) is 3.18. The lowest BCUT2D eigenvalue weighted by atomic mass is 10.0. The van der Waals surface area contributed by atoms with Crippen molar-refractivity contribution in [3.63, 3.8) is 0 Å². The van der Waals surface area contributed by atoms with Gasteiger partial charge in [-0.1, -0.05) is 37.3 Å². The van der Waals surface area contributed by atoms with Gasteiger partial charge in [0.2, 0.25) is 0 Å². The van der Waals surface area contributed by atoms with Crippen LogP contribution in [0.3, 0.4) is 0 Å².